The molecular formula is C19H23IN6O. The van der Waals surface area contributed by atoms with Crippen LogP contribution < -0.4 is 5.32 Å². The molecule has 0 fully saturated rings. The van der Waals surface area contributed by atoms with Crippen molar-refractivity contribution in [3.05, 3.63) is 59.6 Å². The molecule has 3 heterocycles. The van der Waals surface area contributed by atoms with Crippen molar-refractivity contribution in [1.29, 1.82) is 0 Å². The average Bonchev–Trinajstić information content (AvgIpc) is 3.36. The Labute approximate surface area is 175 Å². The molecule has 2 aromatic heterocycles. The molecule has 0 amide bonds. The molecule has 7 nitrogen and oxygen atoms in total. The van der Waals surface area contributed by atoms with Crippen molar-refractivity contribution in [2.45, 2.75) is 19.4 Å². The first-order valence-corrected chi connectivity index (χ1v) is 8.81. The van der Waals surface area contributed by atoms with Crippen LogP contribution in [0, 0.1) is 0 Å². The highest BCUT2D eigenvalue weighted by Crippen LogP contribution is 2.18. The quantitative estimate of drug-likeness (QED) is 0.343. The number of aromatic nitrogens is 3. The van der Waals surface area contributed by atoms with Crippen molar-refractivity contribution in [3.63, 3.8) is 0 Å². The molecule has 8 heteroatoms. The summed E-state index contributed by atoms with van der Waals surface area (Å²) in [6, 6.07) is 12.3. The third kappa shape index (κ3) is 4.49. The summed E-state index contributed by atoms with van der Waals surface area (Å²) < 4.78 is 5.31. The summed E-state index contributed by atoms with van der Waals surface area (Å²) in [5.74, 6) is 3.00. The van der Waals surface area contributed by atoms with E-state index >= 15 is 0 Å². The summed E-state index contributed by atoms with van der Waals surface area (Å²) >= 11 is 0. The van der Waals surface area contributed by atoms with Gasteiger partial charge < -0.3 is 14.6 Å². The second-order valence-electron chi connectivity index (χ2n) is 6.25. The number of benzene rings is 1. The Morgan fingerprint density at radius 2 is 2.11 bits per heavy atom. The highest BCUT2D eigenvalue weighted by molar-refractivity contribution is 14.0. The monoisotopic (exact) mass is 478 g/mol. The molecule has 4 rings (SSSR count). The molecule has 0 spiro atoms. The predicted molar refractivity (Wildman–Crippen MR) is 115 cm³/mol. The highest BCUT2D eigenvalue weighted by Gasteiger charge is 2.18. The minimum Gasteiger partial charge on any atom is -0.461 e. The van der Waals surface area contributed by atoms with Crippen LogP contribution in [0.15, 0.2) is 52.1 Å². The van der Waals surface area contributed by atoms with Gasteiger partial charge in [0, 0.05) is 33.1 Å². The predicted octanol–water partition coefficient (Wildman–Crippen LogP) is 2.86. The second kappa shape index (κ2) is 9.03. The SMILES string of the molecule is CN=C(NCCc1nc(-c2ccco2)n[nH]1)N1CCc2ccccc2C1.I. The molecule has 0 bridgehead atoms. The van der Waals surface area contributed by atoms with E-state index in [2.05, 4.69) is 54.7 Å². The van der Waals surface area contributed by atoms with Crippen LogP contribution in [0.3, 0.4) is 0 Å². The molecule has 0 saturated heterocycles. The number of nitrogens with one attached hydrogen (secondary N) is 2. The lowest BCUT2D eigenvalue weighted by Gasteiger charge is -2.31. The van der Waals surface area contributed by atoms with Crippen molar-refractivity contribution in [2.24, 2.45) is 4.99 Å². The van der Waals surface area contributed by atoms with Gasteiger partial charge in [0.1, 0.15) is 5.82 Å². The standard InChI is InChI=1S/C19H22N6O.HI/c1-20-19(25-11-9-14-5-2-3-6-15(14)13-25)21-10-8-17-22-18(24-23-17)16-7-4-12-26-16;/h2-7,12H,8-11,13H2,1H3,(H,20,21)(H,22,23,24);1H. The first-order chi connectivity index (χ1) is 12.8. The van der Waals surface area contributed by atoms with Gasteiger partial charge in [-0.2, -0.15) is 5.10 Å². The van der Waals surface area contributed by atoms with Crippen LogP contribution in [0.25, 0.3) is 11.6 Å². The fourth-order valence-electron chi connectivity index (χ4n) is 3.22. The maximum atomic E-state index is 5.31. The molecule has 0 unspecified atom stereocenters. The molecule has 142 valence electrons. The smallest absolute Gasteiger partial charge is 0.216 e. The van der Waals surface area contributed by atoms with Gasteiger partial charge in [-0.05, 0) is 29.7 Å². The van der Waals surface area contributed by atoms with Crippen molar-refractivity contribution in [1.82, 2.24) is 25.4 Å². The minimum atomic E-state index is 0. The molecule has 0 aliphatic carbocycles. The van der Waals surface area contributed by atoms with E-state index in [-0.39, 0.29) is 24.0 Å². The maximum absolute atomic E-state index is 5.31. The number of aliphatic imine (C=N–C) groups is 1. The van der Waals surface area contributed by atoms with Gasteiger partial charge in [-0.25, -0.2) is 4.98 Å². The van der Waals surface area contributed by atoms with Crippen LogP contribution in [-0.2, 0) is 19.4 Å². The van der Waals surface area contributed by atoms with E-state index in [4.69, 9.17) is 4.42 Å². The van der Waals surface area contributed by atoms with Crippen LogP contribution in [0.2, 0.25) is 0 Å². The molecule has 2 N–H and O–H groups in total. The van der Waals surface area contributed by atoms with Gasteiger partial charge in [0.25, 0.3) is 0 Å². The molecule has 1 aliphatic heterocycles. The lowest BCUT2D eigenvalue weighted by molar-refractivity contribution is 0.379. The van der Waals surface area contributed by atoms with Crippen LogP contribution in [0.1, 0.15) is 17.0 Å². The van der Waals surface area contributed by atoms with E-state index in [1.807, 2.05) is 19.2 Å². The lowest BCUT2D eigenvalue weighted by atomic mass is 10.0. The van der Waals surface area contributed by atoms with Gasteiger partial charge in [0.15, 0.2) is 11.7 Å². The number of nitrogens with zero attached hydrogens (tertiary/aromatic N) is 4. The minimum absolute atomic E-state index is 0. The molecular weight excluding hydrogens is 455 g/mol. The molecule has 1 aromatic carbocycles. The zero-order chi connectivity index (χ0) is 17.8. The average molecular weight is 478 g/mol. The maximum Gasteiger partial charge on any atom is 0.216 e. The Kier molecular flexibility index (Phi) is 6.49. The van der Waals surface area contributed by atoms with E-state index in [1.54, 1.807) is 6.26 Å². The van der Waals surface area contributed by atoms with Crippen molar-refractivity contribution < 1.29 is 4.42 Å². The van der Waals surface area contributed by atoms with Gasteiger partial charge in [-0.3, -0.25) is 10.1 Å². The largest absolute Gasteiger partial charge is 0.461 e. The molecule has 27 heavy (non-hydrogen) atoms. The fraction of sp³-hybridized carbons (Fsp3) is 0.316. The first-order valence-electron chi connectivity index (χ1n) is 8.81. The molecule has 0 radical (unpaired) electrons. The first kappa shape index (κ1) is 19.4. The van der Waals surface area contributed by atoms with Gasteiger partial charge in [-0.1, -0.05) is 24.3 Å². The normalized spacial score (nSPS) is 13.8. The number of rotatable bonds is 4. The van der Waals surface area contributed by atoms with Crippen molar-refractivity contribution in [3.8, 4) is 11.6 Å². The highest BCUT2D eigenvalue weighted by atomic mass is 127. The van der Waals surface area contributed by atoms with E-state index in [0.29, 0.717) is 11.6 Å². The fourth-order valence-corrected chi connectivity index (χ4v) is 3.22. The Morgan fingerprint density at radius 1 is 1.26 bits per heavy atom. The Balaban J connectivity index is 0.00000210. The van der Waals surface area contributed by atoms with E-state index in [0.717, 1.165) is 44.3 Å². The zero-order valence-electron chi connectivity index (χ0n) is 15.2. The Hall–Kier alpha value is -2.36. The summed E-state index contributed by atoms with van der Waals surface area (Å²) in [6.45, 7) is 2.60. The number of furan rings is 1. The summed E-state index contributed by atoms with van der Waals surface area (Å²) in [7, 11) is 1.83. The third-order valence-corrected chi connectivity index (χ3v) is 4.56. The van der Waals surface area contributed by atoms with Gasteiger partial charge in [0.2, 0.25) is 5.82 Å². The number of hydrogen-bond acceptors (Lipinski definition) is 4. The molecule has 1 aliphatic rings. The number of aromatic amines is 1. The number of halogens is 1. The second-order valence-corrected chi connectivity index (χ2v) is 6.25. The molecule has 3 aromatic rings. The number of guanidine groups is 1. The van der Waals surface area contributed by atoms with Gasteiger partial charge in [0.05, 0.1) is 6.26 Å². The summed E-state index contributed by atoms with van der Waals surface area (Å²) in [6.07, 6.45) is 3.40. The van der Waals surface area contributed by atoms with Gasteiger partial charge in [-0.15, -0.1) is 24.0 Å². The zero-order valence-corrected chi connectivity index (χ0v) is 17.5. The number of H-pyrrole nitrogens is 1. The van der Waals surface area contributed by atoms with E-state index in [1.165, 1.54) is 11.1 Å². The number of hydrogen-bond donors (Lipinski definition) is 2. The molecule has 0 atom stereocenters. The lowest BCUT2D eigenvalue weighted by Crippen LogP contribution is -2.44. The topological polar surface area (TPSA) is 82.3 Å². The van der Waals surface area contributed by atoms with Gasteiger partial charge >= 0.3 is 0 Å². The van der Waals surface area contributed by atoms with E-state index < -0.39 is 0 Å². The summed E-state index contributed by atoms with van der Waals surface area (Å²) in [5, 5.41) is 10.6. The van der Waals surface area contributed by atoms with Crippen molar-refractivity contribution in [2.75, 3.05) is 20.1 Å². The van der Waals surface area contributed by atoms with Crippen LogP contribution in [0.5, 0.6) is 0 Å². The summed E-state index contributed by atoms with van der Waals surface area (Å²) in [5.41, 5.74) is 2.81. The van der Waals surface area contributed by atoms with Crippen LogP contribution in [-0.4, -0.2) is 46.2 Å². The molecule has 0 saturated carbocycles. The third-order valence-electron chi connectivity index (χ3n) is 4.56. The Morgan fingerprint density at radius 3 is 2.89 bits per heavy atom. The summed E-state index contributed by atoms with van der Waals surface area (Å²) in [4.78, 5) is 11.2. The Bertz CT molecular complexity index is 889. The van der Waals surface area contributed by atoms with Crippen molar-refractivity contribution >= 4 is 29.9 Å². The number of fused-ring (bicyclic) bond motifs is 1. The van der Waals surface area contributed by atoms with E-state index in [9.17, 15) is 0 Å². The van der Waals surface area contributed by atoms with Crippen LogP contribution in [0.4, 0.5) is 0 Å². The van der Waals surface area contributed by atoms with Crippen LogP contribution >= 0.6 is 24.0 Å².